The van der Waals surface area contributed by atoms with Crippen molar-refractivity contribution in [2.45, 2.75) is 26.3 Å². The molecule has 0 spiro atoms. The topological polar surface area (TPSA) is 32.3 Å². The molecule has 1 aromatic carbocycles. The van der Waals surface area contributed by atoms with Gasteiger partial charge < -0.3 is 5.32 Å². The number of nitrogens with one attached hydrogen (secondary N) is 1. The number of nitrogens with zero attached hydrogens (tertiary/aromatic N) is 1. The highest BCUT2D eigenvalue weighted by Gasteiger charge is 2.14. The first kappa shape index (κ1) is 16.0. The van der Waals surface area contributed by atoms with E-state index >= 15 is 0 Å². The van der Waals surface area contributed by atoms with E-state index in [-0.39, 0.29) is 11.7 Å². The molecular weight excluding hydrogens is 291 g/mol. The van der Waals surface area contributed by atoms with Gasteiger partial charge in [-0.15, -0.1) is 0 Å². The first-order valence-electron chi connectivity index (χ1n) is 7.13. The molecule has 0 unspecified atom stereocenters. The fourth-order valence-electron chi connectivity index (χ4n) is 2.50. The zero-order valence-electron chi connectivity index (χ0n) is 12.2. The van der Waals surface area contributed by atoms with E-state index in [4.69, 9.17) is 11.6 Å². The summed E-state index contributed by atoms with van der Waals surface area (Å²) >= 11 is 6.11. The van der Waals surface area contributed by atoms with Crippen LogP contribution in [0.1, 0.15) is 25.3 Å². The molecule has 0 saturated heterocycles. The van der Waals surface area contributed by atoms with Crippen LogP contribution in [-0.2, 0) is 11.3 Å². The largest absolute Gasteiger partial charge is 0.356 e. The third-order valence-corrected chi connectivity index (χ3v) is 3.90. The van der Waals surface area contributed by atoms with Crippen LogP contribution in [0.3, 0.4) is 0 Å². The third-order valence-electron chi connectivity index (χ3n) is 3.53. The van der Waals surface area contributed by atoms with Gasteiger partial charge in [-0.3, -0.25) is 9.69 Å². The minimum atomic E-state index is -0.257. The maximum Gasteiger partial charge on any atom is 0.216 e. The molecular formula is C16H20ClFN2O. The standard InChI is InChI=1S/C16H20ClFN2O/c1-12(21)19-7-6-13-3-2-8-20(10-13)11-14-9-15(18)4-5-16(14)17/h3-5,9H,2,6-8,10-11H2,1H3,(H,19,21). The second-order valence-corrected chi connectivity index (χ2v) is 5.74. The van der Waals surface area contributed by atoms with Crippen molar-refractivity contribution >= 4 is 17.5 Å². The van der Waals surface area contributed by atoms with Crippen molar-refractivity contribution in [1.82, 2.24) is 10.2 Å². The Balaban J connectivity index is 1.89. The van der Waals surface area contributed by atoms with Gasteiger partial charge >= 0.3 is 0 Å². The molecule has 114 valence electrons. The highest BCUT2D eigenvalue weighted by atomic mass is 35.5. The molecule has 0 saturated carbocycles. The lowest BCUT2D eigenvalue weighted by atomic mass is 10.1. The number of amides is 1. The van der Waals surface area contributed by atoms with Gasteiger partial charge in [-0.25, -0.2) is 4.39 Å². The van der Waals surface area contributed by atoms with Crippen LogP contribution in [0.25, 0.3) is 0 Å². The van der Waals surface area contributed by atoms with Crippen molar-refractivity contribution in [3.63, 3.8) is 0 Å². The van der Waals surface area contributed by atoms with E-state index in [1.807, 2.05) is 0 Å². The summed E-state index contributed by atoms with van der Waals surface area (Å²) in [5.41, 5.74) is 2.13. The maximum absolute atomic E-state index is 13.3. The molecule has 5 heteroatoms. The molecule has 3 nitrogen and oxygen atoms in total. The summed E-state index contributed by atoms with van der Waals surface area (Å²) in [6, 6.07) is 4.47. The predicted molar refractivity (Wildman–Crippen MR) is 82.7 cm³/mol. The van der Waals surface area contributed by atoms with E-state index in [2.05, 4.69) is 16.3 Å². The highest BCUT2D eigenvalue weighted by molar-refractivity contribution is 6.31. The molecule has 0 bridgehead atoms. The Hall–Kier alpha value is -1.39. The van der Waals surface area contributed by atoms with Gasteiger partial charge in [-0.1, -0.05) is 23.3 Å². The number of carbonyl (C=O) groups is 1. The monoisotopic (exact) mass is 310 g/mol. The second-order valence-electron chi connectivity index (χ2n) is 5.33. The van der Waals surface area contributed by atoms with Crippen LogP contribution in [0, 0.1) is 5.82 Å². The predicted octanol–water partition coefficient (Wildman–Crippen LogP) is 3.14. The van der Waals surface area contributed by atoms with Crippen molar-refractivity contribution in [2.24, 2.45) is 0 Å². The number of hydrogen-bond acceptors (Lipinski definition) is 2. The Morgan fingerprint density at radius 1 is 1.48 bits per heavy atom. The van der Waals surface area contributed by atoms with Gasteiger partial charge in [0.15, 0.2) is 0 Å². The normalized spacial score (nSPS) is 15.7. The van der Waals surface area contributed by atoms with Gasteiger partial charge in [-0.2, -0.15) is 0 Å². The summed E-state index contributed by atoms with van der Waals surface area (Å²) < 4.78 is 13.3. The van der Waals surface area contributed by atoms with Gasteiger partial charge in [0.1, 0.15) is 5.82 Å². The average molecular weight is 311 g/mol. The first-order valence-corrected chi connectivity index (χ1v) is 7.51. The number of rotatable bonds is 5. The smallest absolute Gasteiger partial charge is 0.216 e. The Kier molecular flexibility index (Phi) is 5.76. The number of hydrogen-bond donors (Lipinski definition) is 1. The van der Waals surface area contributed by atoms with Crippen LogP contribution in [0.2, 0.25) is 5.02 Å². The summed E-state index contributed by atoms with van der Waals surface area (Å²) in [6.45, 7) is 4.61. The summed E-state index contributed by atoms with van der Waals surface area (Å²) in [7, 11) is 0. The zero-order chi connectivity index (χ0) is 15.2. The molecule has 1 aliphatic heterocycles. The fraction of sp³-hybridized carbons (Fsp3) is 0.438. The number of halogens is 2. The molecule has 1 aromatic rings. The number of carbonyl (C=O) groups excluding carboxylic acids is 1. The molecule has 1 heterocycles. The van der Waals surface area contributed by atoms with Crippen LogP contribution < -0.4 is 5.32 Å². The fourth-order valence-corrected chi connectivity index (χ4v) is 2.68. The van der Waals surface area contributed by atoms with Crippen molar-refractivity contribution in [1.29, 1.82) is 0 Å². The van der Waals surface area contributed by atoms with Crippen LogP contribution in [0.4, 0.5) is 4.39 Å². The second kappa shape index (κ2) is 7.57. The van der Waals surface area contributed by atoms with E-state index in [0.717, 1.165) is 31.5 Å². The first-order chi connectivity index (χ1) is 10.0. The van der Waals surface area contributed by atoms with Crippen molar-refractivity contribution in [2.75, 3.05) is 19.6 Å². The summed E-state index contributed by atoms with van der Waals surface area (Å²) in [4.78, 5) is 13.1. The van der Waals surface area contributed by atoms with E-state index in [9.17, 15) is 9.18 Å². The molecule has 2 rings (SSSR count). The SMILES string of the molecule is CC(=O)NCCC1=CCCN(Cc2cc(F)ccc2Cl)C1. The van der Waals surface area contributed by atoms with Gasteiger partial charge in [0.2, 0.25) is 5.91 Å². The zero-order valence-corrected chi connectivity index (χ0v) is 12.9. The Morgan fingerprint density at radius 2 is 2.29 bits per heavy atom. The molecule has 0 aliphatic carbocycles. The minimum Gasteiger partial charge on any atom is -0.356 e. The lowest BCUT2D eigenvalue weighted by Crippen LogP contribution is -2.31. The van der Waals surface area contributed by atoms with Gasteiger partial charge in [0.05, 0.1) is 0 Å². The van der Waals surface area contributed by atoms with E-state index < -0.39 is 0 Å². The van der Waals surface area contributed by atoms with Crippen LogP contribution >= 0.6 is 11.6 Å². The van der Waals surface area contributed by atoms with Gasteiger partial charge in [-0.05, 0) is 36.6 Å². The Labute approximate surface area is 129 Å². The molecule has 0 fully saturated rings. The molecule has 0 atom stereocenters. The molecule has 1 amide bonds. The molecule has 0 aromatic heterocycles. The average Bonchev–Trinajstić information content (AvgIpc) is 2.43. The maximum atomic E-state index is 13.3. The lowest BCUT2D eigenvalue weighted by Gasteiger charge is -2.27. The highest BCUT2D eigenvalue weighted by Crippen LogP contribution is 2.21. The summed E-state index contributed by atoms with van der Waals surface area (Å²) in [6.07, 6.45) is 4.06. The molecule has 1 N–H and O–H groups in total. The Bertz CT molecular complexity index is 545. The van der Waals surface area contributed by atoms with Crippen LogP contribution in [0.5, 0.6) is 0 Å². The van der Waals surface area contributed by atoms with Crippen molar-refractivity contribution in [3.05, 3.63) is 46.3 Å². The summed E-state index contributed by atoms with van der Waals surface area (Å²) in [5.74, 6) is -0.261. The third kappa shape index (κ3) is 5.14. The van der Waals surface area contributed by atoms with Crippen LogP contribution in [-0.4, -0.2) is 30.4 Å². The van der Waals surface area contributed by atoms with Crippen molar-refractivity contribution in [3.8, 4) is 0 Å². The van der Waals surface area contributed by atoms with E-state index in [1.54, 1.807) is 6.07 Å². The molecule has 0 radical (unpaired) electrons. The molecule has 1 aliphatic rings. The van der Waals surface area contributed by atoms with Crippen LogP contribution in [0.15, 0.2) is 29.8 Å². The number of benzene rings is 1. The van der Waals surface area contributed by atoms with E-state index in [1.165, 1.54) is 24.6 Å². The lowest BCUT2D eigenvalue weighted by molar-refractivity contribution is -0.118. The van der Waals surface area contributed by atoms with E-state index in [0.29, 0.717) is 18.1 Å². The summed E-state index contributed by atoms with van der Waals surface area (Å²) in [5, 5.41) is 3.41. The van der Waals surface area contributed by atoms with Gasteiger partial charge in [0, 0.05) is 38.1 Å². The molecule has 21 heavy (non-hydrogen) atoms. The quantitative estimate of drug-likeness (QED) is 0.847. The van der Waals surface area contributed by atoms with Gasteiger partial charge in [0.25, 0.3) is 0 Å². The van der Waals surface area contributed by atoms with Crippen molar-refractivity contribution < 1.29 is 9.18 Å². The Morgan fingerprint density at radius 3 is 3.05 bits per heavy atom. The minimum absolute atomic E-state index is 0.00481.